The lowest BCUT2D eigenvalue weighted by atomic mass is 9.70. The molecule has 2 fully saturated rings. The average molecular weight is 254 g/mol. The van der Waals surface area contributed by atoms with E-state index in [1.165, 1.54) is 38.5 Å². The van der Waals surface area contributed by atoms with Gasteiger partial charge in [0.1, 0.15) is 0 Å². The zero-order valence-corrected chi connectivity index (χ0v) is 12.2. The summed E-state index contributed by atoms with van der Waals surface area (Å²) in [7, 11) is 2.23. The highest BCUT2D eigenvalue weighted by Crippen LogP contribution is 2.38. The van der Waals surface area contributed by atoms with Crippen molar-refractivity contribution >= 4 is 0 Å². The molecule has 1 saturated heterocycles. The number of hydrogen-bond donors (Lipinski definition) is 1. The predicted molar refractivity (Wildman–Crippen MR) is 75.6 cm³/mol. The van der Waals surface area contributed by atoms with E-state index in [9.17, 15) is 0 Å². The summed E-state index contributed by atoms with van der Waals surface area (Å²) in [5.41, 5.74) is 6.46. The molecule has 1 aliphatic carbocycles. The molecule has 1 atom stereocenters. The second-order valence-corrected chi connectivity index (χ2v) is 6.72. The average Bonchev–Trinajstić information content (AvgIpc) is 2.85. The number of nitrogens with zero attached hydrogens (tertiary/aromatic N) is 1. The molecule has 0 aromatic carbocycles. The van der Waals surface area contributed by atoms with Crippen LogP contribution in [0.5, 0.6) is 0 Å². The summed E-state index contributed by atoms with van der Waals surface area (Å²) in [6, 6.07) is 0. The van der Waals surface area contributed by atoms with Gasteiger partial charge in [0.25, 0.3) is 0 Å². The van der Waals surface area contributed by atoms with Gasteiger partial charge in [-0.3, -0.25) is 0 Å². The Morgan fingerprint density at radius 2 is 2.00 bits per heavy atom. The van der Waals surface area contributed by atoms with Gasteiger partial charge < -0.3 is 15.4 Å². The molecule has 2 aliphatic rings. The Labute approximate surface area is 112 Å². The highest BCUT2D eigenvalue weighted by molar-refractivity contribution is 4.88. The van der Waals surface area contributed by atoms with Crippen LogP contribution in [0.4, 0.5) is 0 Å². The maximum Gasteiger partial charge on any atom is 0.0702 e. The minimum atomic E-state index is 0.375. The highest BCUT2D eigenvalue weighted by Gasteiger charge is 2.34. The quantitative estimate of drug-likeness (QED) is 0.818. The summed E-state index contributed by atoms with van der Waals surface area (Å²) >= 11 is 0. The van der Waals surface area contributed by atoms with Crippen LogP contribution in [0, 0.1) is 11.3 Å². The first-order valence-electron chi connectivity index (χ1n) is 7.64. The van der Waals surface area contributed by atoms with Crippen LogP contribution >= 0.6 is 0 Å². The van der Waals surface area contributed by atoms with Crippen LogP contribution in [-0.2, 0) is 4.74 Å². The van der Waals surface area contributed by atoms with Crippen LogP contribution in [-0.4, -0.2) is 44.3 Å². The topological polar surface area (TPSA) is 38.5 Å². The monoisotopic (exact) mass is 254 g/mol. The van der Waals surface area contributed by atoms with Crippen molar-refractivity contribution in [2.24, 2.45) is 17.1 Å². The lowest BCUT2D eigenvalue weighted by molar-refractivity contribution is 0.0520. The summed E-state index contributed by atoms with van der Waals surface area (Å²) < 4.78 is 5.72. The summed E-state index contributed by atoms with van der Waals surface area (Å²) in [5, 5.41) is 0. The van der Waals surface area contributed by atoms with Crippen LogP contribution in [0.2, 0.25) is 0 Å². The molecule has 0 bridgehead atoms. The van der Waals surface area contributed by atoms with Crippen molar-refractivity contribution in [2.75, 3.05) is 33.3 Å². The second-order valence-electron chi connectivity index (χ2n) is 6.72. The van der Waals surface area contributed by atoms with Crippen LogP contribution < -0.4 is 5.73 Å². The van der Waals surface area contributed by atoms with Gasteiger partial charge in [-0.25, -0.2) is 0 Å². The molecular formula is C15H30N2O. The fourth-order valence-electron chi connectivity index (χ4n) is 3.57. The number of hydrogen-bond acceptors (Lipinski definition) is 3. The van der Waals surface area contributed by atoms with Crippen molar-refractivity contribution in [3.05, 3.63) is 0 Å². The van der Waals surface area contributed by atoms with Crippen molar-refractivity contribution in [3.8, 4) is 0 Å². The zero-order valence-electron chi connectivity index (χ0n) is 12.2. The third-order valence-electron chi connectivity index (χ3n) is 4.91. The Balaban J connectivity index is 1.81. The Morgan fingerprint density at radius 1 is 1.28 bits per heavy atom. The van der Waals surface area contributed by atoms with Crippen molar-refractivity contribution in [2.45, 2.75) is 51.6 Å². The standard InChI is InChI=1S/C15H30N2O/c1-13-5-7-15(11-16,8-6-13)12-17(2)10-14-4-3-9-18-14/h13-14H,3-12,16H2,1-2H3. The lowest BCUT2D eigenvalue weighted by Gasteiger charge is -2.41. The van der Waals surface area contributed by atoms with E-state index in [1.54, 1.807) is 0 Å². The molecule has 0 aromatic heterocycles. The Hall–Kier alpha value is -0.120. The molecule has 2 N–H and O–H groups in total. The van der Waals surface area contributed by atoms with Gasteiger partial charge in [0, 0.05) is 19.7 Å². The normalized spacial score (nSPS) is 37.3. The predicted octanol–water partition coefficient (Wildman–Crippen LogP) is 2.25. The molecule has 0 radical (unpaired) electrons. The minimum absolute atomic E-state index is 0.375. The van der Waals surface area contributed by atoms with Crippen LogP contribution in [0.1, 0.15) is 45.4 Å². The molecule has 0 spiro atoms. The maximum absolute atomic E-state index is 6.08. The molecular weight excluding hydrogens is 224 g/mol. The van der Waals surface area contributed by atoms with E-state index in [4.69, 9.17) is 10.5 Å². The van der Waals surface area contributed by atoms with Gasteiger partial charge >= 0.3 is 0 Å². The Bertz CT molecular complexity index is 243. The van der Waals surface area contributed by atoms with E-state index in [0.717, 1.165) is 32.2 Å². The first-order valence-corrected chi connectivity index (χ1v) is 7.64. The molecule has 2 rings (SSSR count). The number of likely N-dealkylation sites (N-methyl/N-ethyl adjacent to an activating group) is 1. The first kappa shape index (κ1) is 14.3. The molecule has 3 nitrogen and oxygen atoms in total. The van der Waals surface area contributed by atoms with Gasteiger partial charge in [0.05, 0.1) is 6.10 Å². The maximum atomic E-state index is 6.08. The van der Waals surface area contributed by atoms with Crippen molar-refractivity contribution in [1.29, 1.82) is 0 Å². The number of nitrogens with two attached hydrogens (primary N) is 1. The molecule has 3 heteroatoms. The molecule has 0 aromatic rings. The van der Waals surface area contributed by atoms with E-state index < -0.39 is 0 Å². The Kier molecular flexibility index (Phi) is 5.05. The zero-order chi connectivity index (χ0) is 13.0. The molecule has 106 valence electrons. The molecule has 1 heterocycles. The largest absolute Gasteiger partial charge is 0.377 e. The molecule has 1 unspecified atom stereocenters. The van der Waals surface area contributed by atoms with E-state index in [0.29, 0.717) is 11.5 Å². The highest BCUT2D eigenvalue weighted by atomic mass is 16.5. The SMILES string of the molecule is CC1CCC(CN)(CN(C)CC2CCCO2)CC1. The number of rotatable bonds is 5. The van der Waals surface area contributed by atoms with Crippen molar-refractivity contribution < 1.29 is 4.74 Å². The van der Waals surface area contributed by atoms with E-state index in [1.807, 2.05) is 0 Å². The molecule has 18 heavy (non-hydrogen) atoms. The third kappa shape index (κ3) is 3.69. The van der Waals surface area contributed by atoms with Gasteiger partial charge in [-0.2, -0.15) is 0 Å². The number of ether oxygens (including phenoxy) is 1. The van der Waals surface area contributed by atoms with E-state index in [-0.39, 0.29) is 0 Å². The van der Waals surface area contributed by atoms with Gasteiger partial charge in [0.2, 0.25) is 0 Å². The third-order valence-corrected chi connectivity index (χ3v) is 4.91. The van der Waals surface area contributed by atoms with E-state index in [2.05, 4.69) is 18.9 Å². The summed E-state index contributed by atoms with van der Waals surface area (Å²) in [4.78, 5) is 2.46. The van der Waals surface area contributed by atoms with Crippen LogP contribution in [0.15, 0.2) is 0 Å². The van der Waals surface area contributed by atoms with Gasteiger partial charge in [0.15, 0.2) is 0 Å². The molecule has 1 saturated carbocycles. The minimum Gasteiger partial charge on any atom is -0.377 e. The molecule has 1 aliphatic heterocycles. The first-order chi connectivity index (χ1) is 8.63. The molecule has 0 amide bonds. The summed E-state index contributed by atoms with van der Waals surface area (Å²) in [6.45, 7) is 6.40. The van der Waals surface area contributed by atoms with Crippen molar-refractivity contribution in [1.82, 2.24) is 4.90 Å². The summed E-state index contributed by atoms with van der Waals surface area (Å²) in [5.74, 6) is 0.896. The fraction of sp³-hybridized carbons (Fsp3) is 1.00. The van der Waals surface area contributed by atoms with Gasteiger partial charge in [-0.1, -0.05) is 19.8 Å². The second kappa shape index (κ2) is 6.36. The lowest BCUT2D eigenvalue weighted by Crippen LogP contribution is -2.45. The van der Waals surface area contributed by atoms with E-state index >= 15 is 0 Å². The Morgan fingerprint density at radius 3 is 2.56 bits per heavy atom. The smallest absolute Gasteiger partial charge is 0.0702 e. The van der Waals surface area contributed by atoms with Crippen LogP contribution in [0.25, 0.3) is 0 Å². The van der Waals surface area contributed by atoms with Crippen LogP contribution in [0.3, 0.4) is 0 Å². The van der Waals surface area contributed by atoms with Gasteiger partial charge in [-0.05, 0) is 50.6 Å². The fourth-order valence-corrected chi connectivity index (χ4v) is 3.57. The van der Waals surface area contributed by atoms with Crippen molar-refractivity contribution in [3.63, 3.8) is 0 Å². The van der Waals surface area contributed by atoms with Gasteiger partial charge in [-0.15, -0.1) is 0 Å². The summed E-state index contributed by atoms with van der Waals surface area (Å²) in [6.07, 6.45) is 8.25.